The Balaban J connectivity index is 1.63. The van der Waals surface area contributed by atoms with Gasteiger partial charge in [-0.15, -0.1) is 0 Å². The zero-order valence-electron chi connectivity index (χ0n) is 15.7. The van der Waals surface area contributed by atoms with Crippen LogP contribution < -0.4 is 0 Å². The van der Waals surface area contributed by atoms with Gasteiger partial charge in [0, 0.05) is 13.0 Å². The Morgan fingerprint density at radius 1 is 1.12 bits per heavy atom. The molecule has 0 spiro atoms. The summed E-state index contributed by atoms with van der Waals surface area (Å²) in [6.07, 6.45) is 11.6. The molecule has 0 saturated heterocycles. The van der Waals surface area contributed by atoms with Crippen molar-refractivity contribution in [1.29, 1.82) is 0 Å². The first kappa shape index (κ1) is 16.8. The first-order valence-electron chi connectivity index (χ1n) is 10.2. The first-order valence-corrected chi connectivity index (χ1v) is 10.2. The van der Waals surface area contributed by atoms with Gasteiger partial charge >= 0.3 is 0 Å². The SMILES string of the molecule is C[C@H](CO)[C@H]1CC[C@H]2C3CCC4=CC(=O)CCC4(C)[C@H]3CCC12C. The maximum absolute atomic E-state index is 11.9. The second kappa shape index (κ2) is 5.69. The number of hydrogen-bond acceptors (Lipinski definition) is 2. The van der Waals surface area contributed by atoms with Gasteiger partial charge in [-0.3, -0.25) is 4.79 Å². The highest BCUT2D eigenvalue weighted by atomic mass is 16.3. The number of rotatable bonds is 2. The second-order valence-electron chi connectivity index (χ2n) is 9.86. The van der Waals surface area contributed by atoms with Gasteiger partial charge in [-0.05, 0) is 91.4 Å². The van der Waals surface area contributed by atoms with Gasteiger partial charge < -0.3 is 5.11 Å². The average molecular weight is 331 g/mol. The molecule has 3 unspecified atom stereocenters. The van der Waals surface area contributed by atoms with E-state index in [1.54, 1.807) is 0 Å². The molecule has 0 aromatic heterocycles. The number of fused-ring (bicyclic) bond motifs is 5. The van der Waals surface area contributed by atoms with Crippen LogP contribution in [-0.2, 0) is 4.79 Å². The number of aliphatic hydroxyl groups is 1. The van der Waals surface area contributed by atoms with Crippen LogP contribution in [0.3, 0.4) is 0 Å². The summed E-state index contributed by atoms with van der Waals surface area (Å²) in [6.45, 7) is 7.59. The molecular formula is C22H34O2. The Morgan fingerprint density at radius 3 is 2.67 bits per heavy atom. The fourth-order valence-electron chi connectivity index (χ4n) is 7.66. The lowest BCUT2D eigenvalue weighted by atomic mass is 9.46. The van der Waals surface area contributed by atoms with E-state index < -0.39 is 0 Å². The Hall–Kier alpha value is -0.630. The molecule has 0 aromatic carbocycles. The molecule has 24 heavy (non-hydrogen) atoms. The zero-order valence-corrected chi connectivity index (χ0v) is 15.7. The van der Waals surface area contributed by atoms with Gasteiger partial charge in [0.2, 0.25) is 0 Å². The van der Waals surface area contributed by atoms with Crippen molar-refractivity contribution in [3.63, 3.8) is 0 Å². The molecule has 3 saturated carbocycles. The summed E-state index contributed by atoms with van der Waals surface area (Å²) >= 11 is 0. The van der Waals surface area contributed by atoms with E-state index in [1.165, 1.54) is 37.7 Å². The predicted molar refractivity (Wildman–Crippen MR) is 96.4 cm³/mol. The quantitative estimate of drug-likeness (QED) is 0.792. The third kappa shape index (κ3) is 2.21. The zero-order chi connectivity index (χ0) is 17.1. The van der Waals surface area contributed by atoms with E-state index in [0.717, 1.165) is 37.0 Å². The van der Waals surface area contributed by atoms with Gasteiger partial charge in [0.25, 0.3) is 0 Å². The van der Waals surface area contributed by atoms with Crippen LogP contribution >= 0.6 is 0 Å². The highest BCUT2D eigenvalue weighted by Crippen LogP contribution is 2.67. The molecule has 0 radical (unpaired) electrons. The fraction of sp³-hybridized carbons (Fsp3) is 0.864. The highest BCUT2D eigenvalue weighted by molar-refractivity contribution is 5.91. The number of carbonyl (C=O) groups is 1. The molecule has 0 bridgehead atoms. The third-order valence-corrected chi connectivity index (χ3v) is 9.01. The van der Waals surface area contributed by atoms with Gasteiger partial charge in [-0.1, -0.05) is 26.3 Å². The summed E-state index contributed by atoms with van der Waals surface area (Å²) in [6, 6.07) is 0. The largest absolute Gasteiger partial charge is 0.396 e. The first-order chi connectivity index (χ1) is 11.4. The number of ketones is 1. The standard InChI is InChI=1S/C22H34O2/c1-14(13-23)18-6-7-19-17-5-4-15-12-16(24)8-10-21(15,2)20(17)9-11-22(18,19)3/h12,14,17-20,23H,4-11,13H2,1-3H3/t14-,17?,18-,19+,20+,21?,22?/m1/s1. The van der Waals surface area contributed by atoms with Gasteiger partial charge in [0.15, 0.2) is 5.78 Å². The third-order valence-electron chi connectivity index (χ3n) is 9.01. The van der Waals surface area contributed by atoms with Crippen LogP contribution in [-0.4, -0.2) is 17.5 Å². The summed E-state index contributed by atoms with van der Waals surface area (Å²) in [5.74, 6) is 3.97. The Bertz CT molecular complexity index is 564. The van der Waals surface area contributed by atoms with E-state index in [4.69, 9.17) is 0 Å². The summed E-state index contributed by atoms with van der Waals surface area (Å²) in [4.78, 5) is 11.9. The molecule has 1 N–H and O–H groups in total. The van der Waals surface area contributed by atoms with E-state index in [9.17, 15) is 9.90 Å². The summed E-state index contributed by atoms with van der Waals surface area (Å²) in [5, 5.41) is 9.71. The van der Waals surface area contributed by atoms with Crippen LogP contribution in [0.1, 0.15) is 72.1 Å². The maximum Gasteiger partial charge on any atom is 0.155 e. The van der Waals surface area contributed by atoms with Crippen molar-refractivity contribution >= 4 is 5.78 Å². The monoisotopic (exact) mass is 330 g/mol. The van der Waals surface area contributed by atoms with E-state index in [1.807, 2.05) is 6.08 Å². The lowest BCUT2D eigenvalue weighted by Gasteiger charge is -2.58. The molecule has 4 aliphatic rings. The minimum atomic E-state index is 0.291. The molecule has 4 aliphatic carbocycles. The number of hydrogen-bond donors (Lipinski definition) is 1. The second-order valence-corrected chi connectivity index (χ2v) is 9.86. The lowest BCUT2D eigenvalue weighted by Crippen LogP contribution is -2.51. The Morgan fingerprint density at radius 2 is 1.92 bits per heavy atom. The van der Waals surface area contributed by atoms with Gasteiger partial charge in [-0.25, -0.2) is 0 Å². The van der Waals surface area contributed by atoms with Crippen LogP contribution in [0.5, 0.6) is 0 Å². The predicted octanol–water partition coefficient (Wildman–Crippen LogP) is 4.76. The molecule has 0 amide bonds. The molecule has 2 nitrogen and oxygen atoms in total. The normalized spacial score (nSPS) is 49.0. The molecule has 2 heteroatoms. The molecule has 0 aromatic rings. The van der Waals surface area contributed by atoms with E-state index in [-0.39, 0.29) is 0 Å². The van der Waals surface area contributed by atoms with Crippen molar-refractivity contribution in [3.8, 4) is 0 Å². The Labute approximate surface area is 147 Å². The number of aliphatic hydroxyl groups excluding tert-OH is 1. The van der Waals surface area contributed by atoms with Crippen molar-refractivity contribution in [2.45, 2.75) is 72.1 Å². The molecule has 3 fully saturated rings. The van der Waals surface area contributed by atoms with Crippen molar-refractivity contribution in [1.82, 2.24) is 0 Å². The number of carbonyl (C=O) groups excluding carboxylic acids is 1. The molecule has 7 atom stereocenters. The summed E-state index contributed by atoms with van der Waals surface area (Å²) in [5.41, 5.74) is 2.20. The van der Waals surface area contributed by atoms with Gasteiger partial charge in [-0.2, -0.15) is 0 Å². The van der Waals surface area contributed by atoms with Crippen molar-refractivity contribution < 1.29 is 9.90 Å². The maximum atomic E-state index is 11.9. The molecule has 0 aliphatic heterocycles. The van der Waals surface area contributed by atoms with Crippen molar-refractivity contribution in [2.24, 2.45) is 40.4 Å². The van der Waals surface area contributed by atoms with Crippen LogP contribution in [0.25, 0.3) is 0 Å². The van der Waals surface area contributed by atoms with Crippen molar-refractivity contribution in [2.75, 3.05) is 6.61 Å². The minimum absolute atomic E-state index is 0.291. The molecular weight excluding hydrogens is 296 g/mol. The summed E-state index contributed by atoms with van der Waals surface area (Å²) in [7, 11) is 0. The summed E-state index contributed by atoms with van der Waals surface area (Å²) < 4.78 is 0. The number of allylic oxidation sites excluding steroid dienone is 1. The average Bonchev–Trinajstić information content (AvgIpc) is 2.92. The van der Waals surface area contributed by atoms with Crippen LogP contribution in [0.2, 0.25) is 0 Å². The van der Waals surface area contributed by atoms with Gasteiger partial charge in [0.05, 0.1) is 0 Å². The van der Waals surface area contributed by atoms with E-state index in [2.05, 4.69) is 20.8 Å². The Kier molecular flexibility index (Phi) is 3.99. The smallest absolute Gasteiger partial charge is 0.155 e. The minimum Gasteiger partial charge on any atom is -0.396 e. The lowest BCUT2D eigenvalue weighted by molar-refractivity contribution is -0.117. The van der Waals surface area contributed by atoms with Crippen molar-refractivity contribution in [3.05, 3.63) is 11.6 Å². The van der Waals surface area contributed by atoms with Crippen LogP contribution in [0.15, 0.2) is 11.6 Å². The van der Waals surface area contributed by atoms with Crippen LogP contribution in [0, 0.1) is 40.4 Å². The van der Waals surface area contributed by atoms with E-state index in [0.29, 0.717) is 35.1 Å². The highest BCUT2D eigenvalue weighted by Gasteiger charge is 2.59. The molecule has 134 valence electrons. The van der Waals surface area contributed by atoms with Crippen LogP contribution in [0.4, 0.5) is 0 Å². The fourth-order valence-corrected chi connectivity index (χ4v) is 7.66. The topological polar surface area (TPSA) is 37.3 Å². The van der Waals surface area contributed by atoms with Gasteiger partial charge in [0.1, 0.15) is 0 Å². The molecule has 4 rings (SSSR count). The molecule has 0 heterocycles. The van der Waals surface area contributed by atoms with E-state index >= 15 is 0 Å².